The van der Waals surface area contributed by atoms with Crippen LogP contribution >= 0.6 is 0 Å². The van der Waals surface area contributed by atoms with E-state index in [1.54, 1.807) is 13.2 Å². The molecule has 0 radical (unpaired) electrons. The van der Waals surface area contributed by atoms with Crippen LogP contribution in [0, 0.1) is 0 Å². The summed E-state index contributed by atoms with van der Waals surface area (Å²) in [6, 6.07) is 17.1. The van der Waals surface area contributed by atoms with Crippen LogP contribution in [-0.4, -0.2) is 50.3 Å². The summed E-state index contributed by atoms with van der Waals surface area (Å²) >= 11 is 0. The maximum atomic E-state index is 12.5. The van der Waals surface area contributed by atoms with Gasteiger partial charge in [-0.25, -0.2) is 14.8 Å². The van der Waals surface area contributed by atoms with Crippen molar-refractivity contribution in [3.05, 3.63) is 71.4 Å². The van der Waals surface area contributed by atoms with Crippen molar-refractivity contribution in [2.75, 3.05) is 38.3 Å². The first-order valence-electron chi connectivity index (χ1n) is 10.1. The number of carbonyl (C=O) groups excluding carboxylic acids is 1. The molecule has 2 aromatic carbocycles. The molecule has 0 N–H and O–H groups in total. The molecule has 0 unspecified atom stereocenters. The molecular formula is C24H21N3O4. The number of cyclic esters (lactones) is 1. The van der Waals surface area contributed by atoms with Crippen LogP contribution in [-0.2, 0) is 14.3 Å². The summed E-state index contributed by atoms with van der Waals surface area (Å²) in [7, 11) is 1.63. The van der Waals surface area contributed by atoms with Crippen molar-refractivity contribution in [2.45, 2.75) is 0 Å². The molecule has 2 aliphatic rings. The fourth-order valence-electron chi connectivity index (χ4n) is 3.68. The van der Waals surface area contributed by atoms with Crippen LogP contribution in [0.15, 0.2) is 65.3 Å². The van der Waals surface area contributed by atoms with Gasteiger partial charge in [-0.05, 0) is 42.5 Å². The van der Waals surface area contributed by atoms with E-state index in [9.17, 15) is 4.79 Å². The number of hydrogen-bond acceptors (Lipinski definition) is 7. The highest BCUT2D eigenvalue weighted by Crippen LogP contribution is 2.30. The average Bonchev–Trinajstić information content (AvgIpc) is 3.19. The number of aromatic nitrogens is 1. The number of esters is 1. The summed E-state index contributed by atoms with van der Waals surface area (Å²) in [4.78, 5) is 24.0. The molecule has 2 aliphatic heterocycles. The van der Waals surface area contributed by atoms with Crippen LogP contribution in [0.5, 0.6) is 5.75 Å². The van der Waals surface area contributed by atoms with E-state index in [0.29, 0.717) is 19.1 Å². The Morgan fingerprint density at radius 3 is 2.65 bits per heavy atom. The van der Waals surface area contributed by atoms with Crippen molar-refractivity contribution >= 4 is 34.7 Å². The SMILES string of the molecule is COc1ccc2nc(N3CCOCC3)c(/C=C3/N=C(c4ccccc4)OC3=O)cc2c1. The van der Waals surface area contributed by atoms with Gasteiger partial charge in [-0.2, -0.15) is 0 Å². The molecule has 7 nitrogen and oxygen atoms in total. The topological polar surface area (TPSA) is 73.2 Å². The third kappa shape index (κ3) is 3.87. The molecule has 0 saturated carbocycles. The minimum Gasteiger partial charge on any atom is -0.497 e. The number of morpholine rings is 1. The van der Waals surface area contributed by atoms with Gasteiger partial charge in [0.05, 0.1) is 25.8 Å². The predicted molar refractivity (Wildman–Crippen MR) is 118 cm³/mol. The monoisotopic (exact) mass is 415 g/mol. The number of rotatable bonds is 4. The molecule has 1 aromatic heterocycles. The van der Waals surface area contributed by atoms with E-state index >= 15 is 0 Å². The molecule has 0 atom stereocenters. The molecule has 3 heterocycles. The lowest BCUT2D eigenvalue weighted by Gasteiger charge is -2.29. The molecule has 5 rings (SSSR count). The summed E-state index contributed by atoms with van der Waals surface area (Å²) in [5.74, 6) is 1.37. The van der Waals surface area contributed by atoms with Crippen LogP contribution in [0.25, 0.3) is 17.0 Å². The van der Waals surface area contributed by atoms with Gasteiger partial charge >= 0.3 is 5.97 Å². The van der Waals surface area contributed by atoms with Crippen molar-refractivity contribution in [3.8, 4) is 5.75 Å². The number of aliphatic imine (C=N–C) groups is 1. The van der Waals surface area contributed by atoms with Crippen LogP contribution in [0.3, 0.4) is 0 Å². The number of benzene rings is 2. The third-order valence-electron chi connectivity index (χ3n) is 5.27. The van der Waals surface area contributed by atoms with Crippen molar-refractivity contribution < 1.29 is 19.0 Å². The molecular weight excluding hydrogens is 394 g/mol. The molecule has 156 valence electrons. The molecule has 0 aliphatic carbocycles. The van der Waals surface area contributed by atoms with Crippen molar-refractivity contribution in [1.82, 2.24) is 4.98 Å². The number of carbonyl (C=O) groups is 1. The van der Waals surface area contributed by atoms with Gasteiger partial charge in [-0.3, -0.25) is 0 Å². The van der Waals surface area contributed by atoms with Gasteiger partial charge in [-0.15, -0.1) is 0 Å². The molecule has 3 aromatic rings. The highest BCUT2D eigenvalue weighted by Gasteiger charge is 2.25. The maximum Gasteiger partial charge on any atom is 0.363 e. The molecule has 1 saturated heterocycles. The summed E-state index contributed by atoms with van der Waals surface area (Å²) in [5.41, 5.74) is 2.66. The first kappa shape index (κ1) is 19.3. The first-order chi connectivity index (χ1) is 15.2. The number of fused-ring (bicyclic) bond motifs is 1. The Morgan fingerprint density at radius 1 is 1.06 bits per heavy atom. The third-order valence-corrected chi connectivity index (χ3v) is 5.27. The minimum atomic E-state index is -0.475. The zero-order chi connectivity index (χ0) is 21.2. The highest BCUT2D eigenvalue weighted by atomic mass is 16.6. The lowest BCUT2D eigenvalue weighted by Crippen LogP contribution is -2.37. The van der Waals surface area contributed by atoms with E-state index in [1.165, 1.54) is 0 Å². The second-order valence-corrected chi connectivity index (χ2v) is 7.26. The van der Waals surface area contributed by atoms with Gasteiger partial charge in [0, 0.05) is 29.6 Å². The van der Waals surface area contributed by atoms with Crippen LogP contribution < -0.4 is 9.64 Å². The summed E-state index contributed by atoms with van der Waals surface area (Å²) in [5, 5.41) is 0.918. The summed E-state index contributed by atoms with van der Waals surface area (Å²) in [6.07, 6.45) is 1.75. The predicted octanol–water partition coefficient (Wildman–Crippen LogP) is 3.42. The van der Waals surface area contributed by atoms with Gasteiger partial charge in [0.1, 0.15) is 11.6 Å². The minimum absolute atomic E-state index is 0.248. The highest BCUT2D eigenvalue weighted by molar-refractivity contribution is 6.13. The van der Waals surface area contributed by atoms with E-state index in [-0.39, 0.29) is 5.70 Å². The number of methoxy groups -OCH3 is 1. The Balaban J connectivity index is 1.61. The van der Waals surface area contributed by atoms with Crippen molar-refractivity contribution in [2.24, 2.45) is 4.99 Å². The van der Waals surface area contributed by atoms with Gasteiger partial charge in [0.2, 0.25) is 5.90 Å². The van der Waals surface area contributed by atoms with Crippen LogP contribution in [0.4, 0.5) is 5.82 Å². The Labute approximate surface area is 179 Å². The average molecular weight is 415 g/mol. The standard InChI is InChI=1S/C24H21N3O4/c1-29-19-7-8-20-17(14-19)13-18(22(25-20)27-9-11-30-12-10-27)15-21-24(28)31-23(26-21)16-5-3-2-4-6-16/h2-8,13-15H,9-12H2,1H3/b21-15+. The van der Waals surface area contributed by atoms with Gasteiger partial charge < -0.3 is 19.1 Å². The molecule has 1 fully saturated rings. The van der Waals surface area contributed by atoms with Gasteiger partial charge in [-0.1, -0.05) is 18.2 Å². The van der Waals surface area contributed by atoms with E-state index < -0.39 is 5.97 Å². The number of anilines is 1. The van der Waals surface area contributed by atoms with Gasteiger partial charge in [0.15, 0.2) is 5.70 Å². The first-order valence-corrected chi connectivity index (χ1v) is 10.1. The zero-order valence-corrected chi connectivity index (χ0v) is 17.1. The number of nitrogens with zero attached hydrogens (tertiary/aromatic N) is 3. The summed E-state index contributed by atoms with van der Waals surface area (Å²) in [6.45, 7) is 2.73. The lowest BCUT2D eigenvalue weighted by molar-refractivity contribution is -0.129. The quantitative estimate of drug-likeness (QED) is 0.480. The van der Waals surface area contributed by atoms with Gasteiger partial charge in [0.25, 0.3) is 0 Å². The Morgan fingerprint density at radius 2 is 1.87 bits per heavy atom. The maximum absolute atomic E-state index is 12.5. The molecule has 31 heavy (non-hydrogen) atoms. The lowest BCUT2D eigenvalue weighted by atomic mass is 10.1. The largest absolute Gasteiger partial charge is 0.497 e. The molecule has 7 heteroatoms. The van der Waals surface area contributed by atoms with Crippen molar-refractivity contribution in [1.29, 1.82) is 0 Å². The summed E-state index contributed by atoms with van der Waals surface area (Å²) < 4.78 is 16.3. The molecule has 0 bridgehead atoms. The number of hydrogen-bond donors (Lipinski definition) is 0. The fourth-order valence-corrected chi connectivity index (χ4v) is 3.68. The normalized spacial score (nSPS) is 17.7. The zero-order valence-electron chi connectivity index (χ0n) is 17.1. The second-order valence-electron chi connectivity index (χ2n) is 7.26. The van der Waals surface area contributed by atoms with E-state index in [4.69, 9.17) is 19.2 Å². The van der Waals surface area contributed by atoms with E-state index in [2.05, 4.69) is 9.89 Å². The molecule has 0 amide bonds. The van der Waals surface area contributed by atoms with E-state index in [0.717, 1.165) is 46.7 Å². The smallest absolute Gasteiger partial charge is 0.363 e. The number of pyridine rings is 1. The van der Waals surface area contributed by atoms with E-state index in [1.807, 2.05) is 54.6 Å². The Kier molecular flexibility index (Phi) is 5.09. The van der Waals surface area contributed by atoms with Crippen LogP contribution in [0.2, 0.25) is 0 Å². The number of ether oxygens (including phenoxy) is 3. The van der Waals surface area contributed by atoms with Crippen LogP contribution in [0.1, 0.15) is 11.1 Å². The second kappa shape index (κ2) is 8.20. The Bertz CT molecular complexity index is 1200. The fraction of sp³-hybridized carbons (Fsp3) is 0.208. The molecule has 0 spiro atoms. The van der Waals surface area contributed by atoms with Crippen molar-refractivity contribution in [3.63, 3.8) is 0 Å². The Hall–Kier alpha value is -3.71.